The van der Waals surface area contributed by atoms with Crippen molar-refractivity contribution in [3.05, 3.63) is 36.0 Å². The maximum atomic E-state index is 13.0. The molecule has 2 saturated heterocycles. The molecule has 3 heterocycles. The summed E-state index contributed by atoms with van der Waals surface area (Å²) in [5.74, 6) is -0.208. The average Bonchev–Trinajstić information content (AvgIpc) is 2.99. The van der Waals surface area contributed by atoms with Crippen LogP contribution in [0.3, 0.4) is 0 Å². The van der Waals surface area contributed by atoms with Crippen LogP contribution in [0.4, 0.5) is 4.39 Å². The molecule has 2 aliphatic heterocycles. The van der Waals surface area contributed by atoms with Crippen molar-refractivity contribution in [2.75, 3.05) is 26.9 Å². The molecule has 6 heteroatoms. The minimum absolute atomic E-state index is 0.117. The second-order valence-electron chi connectivity index (χ2n) is 6.84. The second kappa shape index (κ2) is 6.77. The number of ether oxygens (including phenoxy) is 1. The zero-order chi connectivity index (χ0) is 19.9. The molecule has 1 aromatic carbocycles. The van der Waals surface area contributed by atoms with Crippen LogP contribution >= 0.6 is 0 Å². The number of benzene rings is 1. The van der Waals surface area contributed by atoms with Crippen molar-refractivity contribution in [2.45, 2.75) is 37.5 Å². The summed E-state index contributed by atoms with van der Waals surface area (Å²) in [5, 5.41) is 3.86. The van der Waals surface area contributed by atoms with Crippen LogP contribution < -0.4 is 5.32 Å². The number of amides is 1. The lowest BCUT2D eigenvalue weighted by Gasteiger charge is -2.46. The normalized spacial score (nSPS) is 29.0. The number of aryl methyl sites for hydroxylation is 1. The third-order valence-corrected chi connectivity index (χ3v) is 5.21. The number of nitrogens with zero attached hydrogens (tertiary/aromatic N) is 2. The number of aromatic nitrogens is 1. The minimum atomic E-state index is -2.16. The van der Waals surface area contributed by atoms with Gasteiger partial charge in [-0.1, -0.05) is 18.2 Å². The number of fused-ring (bicyclic) bond motifs is 3. The van der Waals surface area contributed by atoms with Gasteiger partial charge in [-0.15, -0.1) is 0 Å². The van der Waals surface area contributed by atoms with Crippen molar-refractivity contribution < 1.29 is 18.0 Å². The van der Waals surface area contributed by atoms with E-state index in [-0.39, 0.29) is 30.6 Å². The van der Waals surface area contributed by atoms with Crippen molar-refractivity contribution >= 4 is 16.8 Å². The van der Waals surface area contributed by atoms with E-state index in [0.717, 1.165) is 10.9 Å². The fourth-order valence-corrected chi connectivity index (χ4v) is 4.00. The van der Waals surface area contributed by atoms with E-state index < -0.39 is 13.7 Å². The van der Waals surface area contributed by atoms with Crippen LogP contribution in [0.2, 0.25) is 0 Å². The highest BCUT2D eigenvalue weighted by Crippen LogP contribution is 2.27. The Hall–Kier alpha value is -1.92. The van der Waals surface area contributed by atoms with Crippen LogP contribution in [0.25, 0.3) is 10.9 Å². The molecule has 0 spiro atoms. The van der Waals surface area contributed by atoms with E-state index >= 15 is 0 Å². The third-order valence-electron chi connectivity index (χ3n) is 5.21. The summed E-state index contributed by atoms with van der Waals surface area (Å²) >= 11 is 0. The monoisotopic (exact) mass is 348 g/mol. The molecule has 0 radical (unpaired) electrons. The molecule has 2 aromatic rings. The van der Waals surface area contributed by atoms with Gasteiger partial charge >= 0.3 is 0 Å². The van der Waals surface area contributed by atoms with Crippen LogP contribution in [0.1, 0.15) is 27.3 Å². The molecular weight excluding hydrogens is 321 g/mol. The van der Waals surface area contributed by atoms with E-state index in [1.54, 1.807) is 15.7 Å². The average molecular weight is 348 g/mol. The van der Waals surface area contributed by atoms with Gasteiger partial charge in [0.25, 0.3) is 5.91 Å². The Morgan fingerprint density at radius 3 is 2.84 bits per heavy atom. The fourth-order valence-electron chi connectivity index (χ4n) is 4.00. The number of hydrogen-bond acceptors (Lipinski definition) is 3. The van der Waals surface area contributed by atoms with Crippen LogP contribution in [0, 0.1) is 0 Å². The molecule has 2 aliphatic rings. The lowest BCUT2D eigenvalue weighted by atomic mass is 9.90. The zero-order valence-corrected chi connectivity index (χ0v) is 14.0. The van der Waals surface area contributed by atoms with Crippen LogP contribution in [0.5, 0.6) is 0 Å². The van der Waals surface area contributed by atoms with Gasteiger partial charge in [0.2, 0.25) is 0 Å². The summed E-state index contributed by atoms with van der Waals surface area (Å²) in [5.41, 5.74) is 1.34. The maximum Gasteiger partial charge on any atom is 0.253 e. The van der Waals surface area contributed by atoms with Gasteiger partial charge in [-0.05, 0) is 25.9 Å². The molecule has 1 N–H and O–H groups in total. The Morgan fingerprint density at radius 2 is 2.12 bits per heavy atom. The first-order valence-electron chi connectivity index (χ1n) is 10.2. The summed E-state index contributed by atoms with van der Waals surface area (Å²) in [4.78, 5) is 14.5. The van der Waals surface area contributed by atoms with Crippen LogP contribution in [-0.2, 0) is 11.3 Å². The second-order valence-corrected chi connectivity index (χ2v) is 6.84. The molecule has 5 nitrogen and oxygen atoms in total. The number of morpholine rings is 1. The van der Waals surface area contributed by atoms with Gasteiger partial charge in [-0.2, -0.15) is 0 Å². The largest absolute Gasteiger partial charge is 0.378 e. The van der Waals surface area contributed by atoms with Crippen molar-refractivity contribution in [1.82, 2.24) is 14.8 Å². The van der Waals surface area contributed by atoms with Crippen LogP contribution in [0.15, 0.2) is 30.5 Å². The zero-order valence-electron chi connectivity index (χ0n) is 17.0. The standard InChI is InChI=1S/C19H24FN3O2/c1-22-14-8-13(9-15(22)12-25-11-14)21-19(24)17-10-23(7-6-20)18-5-3-2-4-16(17)18/h2-5,10,13-15H,6-9,11-12H2,1H3,(H,21,24)/t13-,14-,15+/i1D3. The first kappa shape index (κ1) is 13.3. The third kappa shape index (κ3) is 3.04. The van der Waals surface area contributed by atoms with Crippen LogP contribution in [-0.4, -0.2) is 60.4 Å². The number of carbonyl (C=O) groups is 1. The smallest absolute Gasteiger partial charge is 0.253 e. The van der Waals surface area contributed by atoms with E-state index in [4.69, 9.17) is 8.85 Å². The Kier molecular flexibility index (Phi) is 3.60. The predicted molar refractivity (Wildman–Crippen MR) is 94.6 cm³/mol. The van der Waals surface area contributed by atoms with Gasteiger partial charge in [0, 0.05) is 39.3 Å². The summed E-state index contributed by atoms with van der Waals surface area (Å²) in [6.45, 7) is -1.75. The molecule has 0 saturated carbocycles. The van der Waals surface area contributed by atoms with E-state index in [0.29, 0.717) is 31.6 Å². The van der Waals surface area contributed by atoms with Gasteiger partial charge in [-0.3, -0.25) is 9.69 Å². The molecule has 3 atom stereocenters. The molecule has 25 heavy (non-hydrogen) atoms. The highest BCUT2D eigenvalue weighted by molar-refractivity contribution is 6.07. The number of carbonyl (C=O) groups excluding carboxylic acids is 1. The molecular formula is C19H24FN3O2. The lowest BCUT2D eigenvalue weighted by Crippen LogP contribution is -2.59. The van der Waals surface area contributed by atoms with Crippen molar-refractivity contribution in [3.8, 4) is 0 Å². The number of likely N-dealkylation sites (N-methyl/N-ethyl adjacent to an activating group) is 1. The molecule has 0 aliphatic carbocycles. The highest BCUT2D eigenvalue weighted by Gasteiger charge is 2.37. The Bertz CT molecular complexity index is 856. The molecule has 2 fully saturated rings. The van der Waals surface area contributed by atoms with Crippen molar-refractivity contribution in [1.29, 1.82) is 0 Å². The molecule has 1 amide bonds. The number of halogens is 1. The molecule has 2 bridgehead atoms. The first-order chi connectivity index (χ1) is 13.4. The van der Waals surface area contributed by atoms with Gasteiger partial charge < -0.3 is 14.6 Å². The van der Waals surface area contributed by atoms with Gasteiger partial charge in [-0.25, -0.2) is 4.39 Å². The molecule has 134 valence electrons. The van der Waals surface area contributed by atoms with E-state index in [9.17, 15) is 9.18 Å². The number of nitrogens with one attached hydrogen (secondary N) is 1. The summed E-state index contributed by atoms with van der Waals surface area (Å²) in [6.07, 6.45) is 2.76. The fraction of sp³-hybridized carbons (Fsp3) is 0.526. The summed E-state index contributed by atoms with van der Waals surface area (Å²) < 4.78 is 43.5. The molecule has 1 aromatic heterocycles. The number of para-hydroxylation sites is 1. The van der Waals surface area contributed by atoms with E-state index in [2.05, 4.69) is 5.32 Å². The predicted octanol–water partition coefficient (Wildman–Crippen LogP) is 2.20. The first-order valence-corrected chi connectivity index (χ1v) is 8.69. The topological polar surface area (TPSA) is 46.5 Å². The lowest BCUT2D eigenvalue weighted by molar-refractivity contribution is -0.0670. The highest BCUT2D eigenvalue weighted by atomic mass is 19.1. The number of alkyl halides is 1. The molecule has 4 rings (SSSR count). The summed E-state index contributed by atoms with van der Waals surface area (Å²) in [6, 6.07) is 6.86. The number of rotatable bonds is 4. The molecule has 0 unspecified atom stereocenters. The number of piperidine rings is 1. The maximum absolute atomic E-state index is 13.0. The van der Waals surface area contributed by atoms with Gasteiger partial charge in [0.1, 0.15) is 6.67 Å². The summed E-state index contributed by atoms with van der Waals surface area (Å²) in [7, 11) is 0. The Balaban J connectivity index is 1.53. The van der Waals surface area contributed by atoms with E-state index in [1.807, 2.05) is 24.3 Å². The minimum Gasteiger partial charge on any atom is -0.378 e. The van der Waals surface area contributed by atoms with E-state index in [1.165, 1.54) is 0 Å². The van der Waals surface area contributed by atoms with Gasteiger partial charge in [0.15, 0.2) is 0 Å². The van der Waals surface area contributed by atoms with Crippen molar-refractivity contribution in [2.24, 2.45) is 0 Å². The van der Waals surface area contributed by atoms with Gasteiger partial charge in [0.05, 0.1) is 25.3 Å². The quantitative estimate of drug-likeness (QED) is 0.921. The van der Waals surface area contributed by atoms with Crippen molar-refractivity contribution in [3.63, 3.8) is 0 Å². The number of hydrogen-bond donors (Lipinski definition) is 1. The Labute approximate surface area is 151 Å². The Morgan fingerprint density at radius 1 is 1.36 bits per heavy atom. The SMILES string of the molecule is [2H]C([2H])([2H])N1[C@@H]2COC[C@H]1C[C@@H](NC(=O)c1cn(CCF)c3ccccc13)C2.